The lowest BCUT2D eigenvalue weighted by molar-refractivity contribution is -0.139. The van der Waals surface area contributed by atoms with Gasteiger partial charge in [0, 0.05) is 5.56 Å². The molecule has 3 nitrogen and oxygen atoms in total. The maximum Gasteiger partial charge on any atom is 0.311 e. The van der Waals surface area contributed by atoms with Crippen LogP contribution in [-0.4, -0.2) is 18.2 Å². The fraction of sp³-hybridized carbons (Fsp3) is 0.235. The zero-order chi connectivity index (χ0) is 15.4. The molecule has 0 radical (unpaired) electrons. The summed E-state index contributed by atoms with van der Waals surface area (Å²) in [6, 6.07) is 13.3. The van der Waals surface area contributed by atoms with Crippen LogP contribution in [0.15, 0.2) is 48.5 Å². The number of halogens is 1. The molecule has 2 unspecified atom stereocenters. The Morgan fingerprint density at radius 2 is 1.86 bits per heavy atom. The van der Waals surface area contributed by atoms with Crippen LogP contribution in [0.25, 0.3) is 0 Å². The molecule has 110 valence electrons. The van der Waals surface area contributed by atoms with Gasteiger partial charge in [-0.05, 0) is 29.7 Å². The molecular formula is C17H17FO3. The second kappa shape index (κ2) is 6.39. The number of benzene rings is 2. The zero-order valence-electron chi connectivity index (χ0n) is 11.9. The molecule has 0 aliphatic heterocycles. The summed E-state index contributed by atoms with van der Waals surface area (Å²) >= 11 is 0. The highest BCUT2D eigenvalue weighted by Gasteiger charge is 2.30. The van der Waals surface area contributed by atoms with Crippen molar-refractivity contribution in [3.63, 3.8) is 0 Å². The van der Waals surface area contributed by atoms with Gasteiger partial charge < -0.3 is 9.84 Å². The Morgan fingerprint density at radius 1 is 1.19 bits per heavy atom. The molecular weight excluding hydrogens is 271 g/mol. The smallest absolute Gasteiger partial charge is 0.311 e. The molecule has 0 amide bonds. The van der Waals surface area contributed by atoms with Gasteiger partial charge in [0.05, 0.1) is 13.0 Å². The monoisotopic (exact) mass is 288 g/mol. The molecule has 4 heteroatoms. The van der Waals surface area contributed by atoms with Crippen LogP contribution in [0.1, 0.15) is 29.9 Å². The highest BCUT2D eigenvalue weighted by atomic mass is 19.1. The summed E-state index contributed by atoms with van der Waals surface area (Å²) in [5, 5.41) is 9.59. The van der Waals surface area contributed by atoms with Gasteiger partial charge in [0.1, 0.15) is 11.6 Å². The average Bonchev–Trinajstić information content (AvgIpc) is 2.48. The maximum atomic E-state index is 13.5. The SMILES string of the molecule is COc1ccc(F)cc1C(C(=O)O)C(C)c1ccccc1. The van der Waals surface area contributed by atoms with Crippen molar-refractivity contribution >= 4 is 5.97 Å². The third kappa shape index (κ3) is 3.21. The first-order chi connectivity index (χ1) is 10.0. The van der Waals surface area contributed by atoms with E-state index in [2.05, 4.69) is 0 Å². The summed E-state index contributed by atoms with van der Waals surface area (Å²) in [5.41, 5.74) is 1.23. The molecule has 0 saturated heterocycles. The van der Waals surface area contributed by atoms with Gasteiger partial charge in [-0.1, -0.05) is 37.3 Å². The molecule has 2 atom stereocenters. The molecule has 0 fully saturated rings. The molecule has 2 rings (SSSR count). The van der Waals surface area contributed by atoms with Crippen molar-refractivity contribution in [2.24, 2.45) is 0 Å². The van der Waals surface area contributed by atoms with Crippen LogP contribution in [-0.2, 0) is 4.79 Å². The number of methoxy groups -OCH3 is 1. The van der Waals surface area contributed by atoms with Gasteiger partial charge in [0.25, 0.3) is 0 Å². The Kier molecular flexibility index (Phi) is 4.58. The van der Waals surface area contributed by atoms with Gasteiger partial charge in [-0.2, -0.15) is 0 Å². The van der Waals surface area contributed by atoms with E-state index in [4.69, 9.17) is 4.74 Å². The van der Waals surface area contributed by atoms with Crippen molar-refractivity contribution in [3.05, 3.63) is 65.5 Å². The lowest BCUT2D eigenvalue weighted by Crippen LogP contribution is -2.19. The average molecular weight is 288 g/mol. The molecule has 0 saturated carbocycles. The number of ether oxygens (including phenoxy) is 1. The van der Waals surface area contributed by atoms with Gasteiger partial charge in [-0.15, -0.1) is 0 Å². The van der Waals surface area contributed by atoms with E-state index < -0.39 is 17.7 Å². The summed E-state index contributed by atoms with van der Waals surface area (Å²) in [6.45, 7) is 1.82. The minimum Gasteiger partial charge on any atom is -0.496 e. The third-order valence-corrected chi connectivity index (χ3v) is 3.62. The van der Waals surface area contributed by atoms with E-state index in [1.165, 1.54) is 25.3 Å². The first-order valence-corrected chi connectivity index (χ1v) is 6.65. The molecule has 1 N–H and O–H groups in total. The fourth-order valence-corrected chi connectivity index (χ4v) is 2.51. The second-order valence-corrected chi connectivity index (χ2v) is 4.90. The van der Waals surface area contributed by atoms with Crippen molar-refractivity contribution in [1.82, 2.24) is 0 Å². The molecule has 0 spiro atoms. The Labute approximate surface area is 123 Å². The molecule has 0 aliphatic rings. The minimum absolute atomic E-state index is 0.306. The van der Waals surface area contributed by atoms with E-state index in [-0.39, 0.29) is 5.92 Å². The van der Waals surface area contributed by atoms with Crippen LogP contribution in [0, 0.1) is 5.82 Å². The minimum atomic E-state index is -1.00. The fourth-order valence-electron chi connectivity index (χ4n) is 2.51. The number of hydrogen-bond acceptors (Lipinski definition) is 2. The van der Waals surface area contributed by atoms with Gasteiger partial charge >= 0.3 is 5.97 Å². The molecule has 2 aromatic carbocycles. The number of hydrogen-bond donors (Lipinski definition) is 1. The van der Waals surface area contributed by atoms with Crippen molar-refractivity contribution in [2.45, 2.75) is 18.8 Å². The van der Waals surface area contributed by atoms with Crippen molar-refractivity contribution in [2.75, 3.05) is 7.11 Å². The Morgan fingerprint density at radius 3 is 2.43 bits per heavy atom. The standard InChI is InChI=1S/C17H17FO3/c1-11(12-6-4-3-5-7-12)16(17(19)20)14-10-13(18)8-9-15(14)21-2/h3-11,16H,1-2H3,(H,19,20). The Balaban J connectivity index is 2.49. The third-order valence-electron chi connectivity index (χ3n) is 3.62. The lowest BCUT2D eigenvalue weighted by atomic mass is 9.82. The molecule has 2 aromatic rings. The van der Waals surface area contributed by atoms with E-state index in [0.717, 1.165) is 5.56 Å². The molecule has 0 heterocycles. The van der Waals surface area contributed by atoms with Crippen LogP contribution in [0.5, 0.6) is 5.75 Å². The molecule has 21 heavy (non-hydrogen) atoms. The number of carboxylic acids is 1. The van der Waals surface area contributed by atoms with Gasteiger partial charge in [0.2, 0.25) is 0 Å². The zero-order valence-corrected chi connectivity index (χ0v) is 11.9. The topological polar surface area (TPSA) is 46.5 Å². The van der Waals surface area contributed by atoms with E-state index in [9.17, 15) is 14.3 Å². The highest BCUT2D eigenvalue weighted by molar-refractivity contribution is 5.78. The first kappa shape index (κ1) is 15.0. The predicted octanol–water partition coefficient (Wildman–Crippen LogP) is 3.81. The molecule has 0 bridgehead atoms. The summed E-state index contributed by atoms with van der Waals surface area (Å²) in [4.78, 5) is 11.7. The number of aliphatic carboxylic acids is 1. The van der Waals surface area contributed by atoms with Crippen LogP contribution in [0.4, 0.5) is 4.39 Å². The van der Waals surface area contributed by atoms with Crippen LogP contribution in [0.2, 0.25) is 0 Å². The summed E-state index contributed by atoms with van der Waals surface area (Å²) in [7, 11) is 1.45. The molecule has 0 aliphatic carbocycles. The summed E-state index contributed by atoms with van der Waals surface area (Å²) in [6.07, 6.45) is 0. The van der Waals surface area contributed by atoms with E-state index in [0.29, 0.717) is 11.3 Å². The maximum absolute atomic E-state index is 13.5. The summed E-state index contributed by atoms with van der Waals surface area (Å²) in [5.74, 6) is -2.28. The Bertz CT molecular complexity index is 625. The van der Waals surface area contributed by atoms with E-state index in [1.54, 1.807) is 0 Å². The summed E-state index contributed by atoms with van der Waals surface area (Å²) < 4.78 is 18.7. The van der Waals surface area contributed by atoms with E-state index in [1.807, 2.05) is 37.3 Å². The Hall–Kier alpha value is -2.36. The second-order valence-electron chi connectivity index (χ2n) is 4.90. The number of rotatable bonds is 5. The van der Waals surface area contributed by atoms with E-state index >= 15 is 0 Å². The van der Waals surface area contributed by atoms with Gasteiger partial charge in [0.15, 0.2) is 0 Å². The van der Waals surface area contributed by atoms with Crippen LogP contribution < -0.4 is 4.74 Å². The predicted molar refractivity (Wildman–Crippen MR) is 78.2 cm³/mol. The highest BCUT2D eigenvalue weighted by Crippen LogP contribution is 2.37. The van der Waals surface area contributed by atoms with Crippen molar-refractivity contribution in [1.29, 1.82) is 0 Å². The van der Waals surface area contributed by atoms with Crippen LogP contribution in [0.3, 0.4) is 0 Å². The van der Waals surface area contributed by atoms with Gasteiger partial charge in [-0.3, -0.25) is 4.79 Å². The lowest BCUT2D eigenvalue weighted by Gasteiger charge is -2.23. The largest absolute Gasteiger partial charge is 0.496 e. The van der Waals surface area contributed by atoms with Gasteiger partial charge in [-0.25, -0.2) is 4.39 Å². The number of carbonyl (C=O) groups is 1. The quantitative estimate of drug-likeness (QED) is 0.910. The first-order valence-electron chi connectivity index (χ1n) is 6.65. The van der Waals surface area contributed by atoms with Crippen molar-refractivity contribution < 1.29 is 19.0 Å². The number of carboxylic acid groups (broad SMARTS) is 1. The van der Waals surface area contributed by atoms with Crippen LogP contribution >= 0.6 is 0 Å². The molecule has 0 aromatic heterocycles. The normalized spacial score (nSPS) is 13.5. The van der Waals surface area contributed by atoms with Crippen molar-refractivity contribution in [3.8, 4) is 5.75 Å².